The summed E-state index contributed by atoms with van der Waals surface area (Å²) in [5, 5.41) is 6.83. The molecule has 5 nitrogen and oxygen atoms in total. The summed E-state index contributed by atoms with van der Waals surface area (Å²) >= 11 is 0. The van der Waals surface area contributed by atoms with E-state index in [1.54, 1.807) is 7.05 Å². The maximum atomic E-state index is 13.4. The van der Waals surface area contributed by atoms with Crippen LogP contribution in [0.25, 0.3) is 10.9 Å². The number of nitrogens with one attached hydrogen (secondary N) is 1. The Morgan fingerprint density at radius 2 is 1.92 bits per heavy atom. The van der Waals surface area contributed by atoms with Gasteiger partial charge in [0.15, 0.2) is 5.69 Å². The van der Waals surface area contributed by atoms with Gasteiger partial charge in [0.05, 0.1) is 10.9 Å². The van der Waals surface area contributed by atoms with Crippen LogP contribution in [0.1, 0.15) is 21.6 Å². The molecule has 0 bridgehead atoms. The summed E-state index contributed by atoms with van der Waals surface area (Å²) in [6.07, 6.45) is 0. The van der Waals surface area contributed by atoms with Gasteiger partial charge >= 0.3 is 0 Å². The van der Waals surface area contributed by atoms with E-state index in [1.165, 1.54) is 16.8 Å². The molecule has 0 saturated carbocycles. The highest BCUT2D eigenvalue weighted by Gasteiger charge is 2.16. The third-order valence-electron chi connectivity index (χ3n) is 3.81. The lowest BCUT2D eigenvalue weighted by molar-refractivity contribution is 0.0943. The highest BCUT2D eigenvalue weighted by Crippen LogP contribution is 2.11. The molecule has 2 aromatic carbocycles. The Morgan fingerprint density at radius 3 is 2.62 bits per heavy atom. The van der Waals surface area contributed by atoms with Gasteiger partial charge in [0.25, 0.3) is 5.91 Å². The zero-order chi connectivity index (χ0) is 17.3. The second-order valence-electron chi connectivity index (χ2n) is 5.63. The van der Waals surface area contributed by atoms with Crippen LogP contribution >= 0.6 is 0 Å². The number of nitrogens with zero attached hydrogens (tertiary/aromatic N) is 2. The number of hydrogen-bond acceptors (Lipinski definition) is 3. The number of amides is 1. The molecule has 0 aliphatic carbocycles. The predicted octanol–water partition coefficient (Wildman–Crippen LogP) is 2.31. The van der Waals surface area contributed by atoms with Gasteiger partial charge in [-0.05, 0) is 30.7 Å². The zero-order valence-corrected chi connectivity index (χ0v) is 13.3. The van der Waals surface area contributed by atoms with E-state index in [9.17, 15) is 14.0 Å². The minimum absolute atomic E-state index is 0.132. The van der Waals surface area contributed by atoms with Gasteiger partial charge in [0, 0.05) is 13.6 Å². The van der Waals surface area contributed by atoms with Crippen LogP contribution < -0.4 is 10.7 Å². The first kappa shape index (κ1) is 15.9. The van der Waals surface area contributed by atoms with Crippen molar-refractivity contribution < 1.29 is 9.18 Å². The molecule has 0 radical (unpaired) electrons. The van der Waals surface area contributed by atoms with Gasteiger partial charge < -0.3 is 5.32 Å². The topological polar surface area (TPSA) is 64.0 Å². The van der Waals surface area contributed by atoms with Crippen molar-refractivity contribution in [1.82, 2.24) is 15.1 Å². The lowest BCUT2D eigenvalue weighted by atomic mass is 10.1. The van der Waals surface area contributed by atoms with Gasteiger partial charge in [-0.25, -0.2) is 4.39 Å². The van der Waals surface area contributed by atoms with Gasteiger partial charge in [-0.2, -0.15) is 5.10 Å². The molecule has 1 aromatic heterocycles. The van der Waals surface area contributed by atoms with Crippen LogP contribution in [0.15, 0.2) is 47.3 Å². The number of rotatable bonds is 3. The van der Waals surface area contributed by atoms with Crippen LogP contribution in [0.4, 0.5) is 4.39 Å². The second kappa shape index (κ2) is 6.23. The highest BCUT2D eigenvalue weighted by atomic mass is 19.1. The fourth-order valence-corrected chi connectivity index (χ4v) is 2.47. The van der Waals surface area contributed by atoms with E-state index in [2.05, 4.69) is 10.4 Å². The highest BCUT2D eigenvalue weighted by molar-refractivity contribution is 5.95. The molecule has 0 spiro atoms. The SMILES string of the molecule is Cc1ccc(CNC(=O)c2nn(C)c3ccc(F)cc3c2=O)cc1. The molecule has 1 heterocycles. The van der Waals surface area contributed by atoms with E-state index in [0.29, 0.717) is 5.52 Å². The monoisotopic (exact) mass is 325 g/mol. The van der Waals surface area contributed by atoms with Gasteiger partial charge in [0.2, 0.25) is 5.43 Å². The minimum Gasteiger partial charge on any atom is -0.346 e. The Balaban J connectivity index is 1.91. The number of benzene rings is 2. The van der Waals surface area contributed by atoms with Crippen molar-refractivity contribution in [1.29, 1.82) is 0 Å². The summed E-state index contributed by atoms with van der Waals surface area (Å²) < 4.78 is 14.8. The van der Waals surface area contributed by atoms with Crippen LogP contribution in [0.2, 0.25) is 0 Å². The van der Waals surface area contributed by atoms with Gasteiger partial charge in [-0.3, -0.25) is 14.3 Å². The molecule has 0 saturated heterocycles. The molecule has 0 aliphatic heterocycles. The first-order chi connectivity index (χ1) is 11.5. The number of carbonyl (C=O) groups excluding carboxylic acids is 1. The van der Waals surface area contributed by atoms with E-state index in [4.69, 9.17) is 0 Å². The maximum Gasteiger partial charge on any atom is 0.276 e. The Labute approximate surface area is 137 Å². The Kier molecular flexibility index (Phi) is 4.12. The minimum atomic E-state index is -0.581. The molecule has 1 N–H and O–H groups in total. The third-order valence-corrected chi connectivity index (χ3v) is 3.81. The summed E-state index contributed by atoms with van der Waals surface area (Å²) in [7, 11) is 1.61. The number of aromatic nitrogens is 2. The van der Waals surface area contributed by atoms with E-state index >= 15 is 0 Å². The van der Waals surface area contributed by atoms with Crippen LogP contribution in [0.5, 0.6) is 0 Å². The fourth-order valence-electron chi connectivity index (χ4n) is 2.47. The lowest BCUT2D eigenvalue weighted by Gasteiger charge is -2.09. The maximum absolute atomic E-state index is 13.4. The van der Waals surface area contributed by atoms with Gasteiger partial charge in [-0.1, -0.05) is 29.8 Å². The smallest absolute Gasteiger partial charge is 0.276 e. The number of carbonyl (C=O) groups is 1. The van der Waals surface area contributed by atoms with Crippen molar-refractivity contribution in [3.63, 3.8) is 0 Å². The normalized spacial score (nSPS) is 10.8. The summed E-state index contributed by atoms with van der Waals surface area (Å²) in [4.78, 5) is 24.7. The average molecular weight is 325 g/mol. The zero-order valence-electron chi connectivity index (χ0n) is 13.3. The van der Waals surface area contributed by atoms with Crippen LogP contribution in [-0.2, 0) is 13.6 Å². The van der Waals surface area contributed by atoms with E-state index in [-0.39, 0.29) is 17.6 Å². The predicted molar refractivity (Wildman–Crippen MR) is 89.3 cm³/mol. The quantitative estimate of drug-likeness (QED) is 0.804. The average Bonchev–Trinajstić information content (AvgIpc) is 2.57. The summed E-state index contributed by atoms with van der Waals surface area (Å²) in [5.41, 5.74) is 1.68. The van der Waals surface area contributed by atoms with Crippen molar-refractivity contribution in [2.24, 2.45) is 7.05 Å². The molecule has 1 amide bonds. The first-order valence-corrected chi connectivity index (χ1v) is 7.46. The molecule has 0 aliphatic rings. The van der Waals surface area contributed by atoms with Crippen LogP contribution in [0.3, 0.4) is 0 Å². The number of halogens is 1. The second-order valence-corrected chi connectivity index (χ2v) is 5.63. The van der Waals surface area contributed by atoms with Crippen molar-refractivity contribution in [2.45, 2.75) is 13.5 Å². The summed E-state index contributed by atoms with van der Waals surface area (Å²) in [6, 6.07) is 11.5. The van der Waals surface area contributed by atoms with Gasteiger partial charge in [-0.15, -0.1) is 0 Å². The standard InChI is InChI=1S/C18H16FN3O2/c1-11-3-5-12(6-4-11)10-20-18(24)16-17(23)14-9-13(19)7-8-15(14)22(2)21-16/h3-9H,10H2,1-2H3,(H,20,24). The molecule has 0 atom stereocenters. The molecule has 0 fully saturated rings. The van der Waals surface area contributed by atoms with Crippen LogP contribution in [-0.4, -0.2) is 15.7 Å². The Morgan fingerprint density at radius 1 is 1.21 bits per heavy atom. The van der Waals surface area contributed by atoms with E-state index in [1.807, 2.05) is 31.2 Å². The third kappa shape index (κ3) is 3.03. The van der Waals surface area contributed by atoms with Crippen molar-refractivity contribution in [3.8, 4) is 0 Å². The van der Waals surface area contributed by atoms with Crippen molar-refractivity contribution in [2.75, 3.05) is 0 Å². The molecular weight excluding hydrogens is 309 g/mol. The van der Waals surface area contributed by atoms with Crippen molar-refractivity contribution >= 4 is 16.8 Å². The summed E-state index contributed by atoms with van der Waals surface area (Å²) in [5.74, 6) is -1.11. The van der Waals surface area contributed by atoms with E-state index in [0.717, 1.165) is 17.2 Å². The molecule has 3 rings (SSSR count). The fraction of sp³-hybridized carbons (Fsp3) is 0.167. The van der Waals surface area contributed by atoms with Crippen molar-refractivity contribution in [3.05, 3.63) is 75.3 Å². The Bertz CT molecular complexity index is 978. The Hall–Kier alpha value is -3.02. The molecule has 122 valence electrons. The molecule has 0 unspecified atom stereocenters. The first-order valence-electron chi connectivity index (χ1n) is 7.46. The van der Waals surface area contributed by atoms with Gasteiger partial charge in [0.1, 0.15) is 5.82 Å². The lowest BCUT2D eigenvalue weighted by Crippen LogP contribution is -2.31. The largest absolute Gasteiger partial charge is 0.346 e. The molecule has 24 heavy (non-hydrogen) atoms. The molecule has 6 heteroatoms. The number of aryl methyl sites for hydroxylation is 2. The number of hydrogen-bond donors (Lipinski definition) is 1. The van der Waals surface area contributed by atoms with E-state index < -0.39 is 17.2 Å². The summed E-state index contributed by atoms with van der Waals surface area (Å²) in [6.45, 7) is 2.26. The molecule has 3 aromatic rings. The molecular formula is C18H16FN3O2. The van der Waals surface area contributed by atoms with Crippen LogP contribution in [0, 0.1) is 12.7 Å². The number of fused-ring (bicyclic) bond motifs is 1.